The highest BCUT2D eigenvalue weighted by Crippen LogP contribution is 2.22. The van der Waals surface area contributed by atoms with E-state index in [-0.39, 0.29) is 22.9 Å². The number of fused-ring (bicyclic) bond motifs is 1. The molecule has 3 rings (SSSR count). The van der Waals surface area contributed by atoms with Crippen LogP contribution in [0, 0.1) is 5.82 Å². The summed E-state index contributed by atoms with van der Waals surface area (Å²) in [6.45, 7) is 0.421. The number of amides is 1. The summed E-state index contributed by atoms with van der Waals surface area (Å²) in [5, 5.41) is 2.68. The van der Waals surface area contributed by atoms with Crippen LogP contribution in [-0.4, -0.2) is 27.4 Å². The average molecular weight is 363 g/mol. The SMILES string of the molecule is NCC(NS(=O)(=O)c1ccc2c(c1)C(=O)NCC2)c1ccccc1F. The van der Waals surface area contributed by atoms with Crippen molar-refractivity contribution in [3.8, 4) is 0 Å². The van der Waals surface area contributed by atoms with E-state index < -0.39 is 21.9 Å². The summed E-state index contributed by atoms with van der Waals surface area (Å²) in [7, 11) is -3.97. The van der Waals surface area contributed by atoms with Gasteiger partial charge in [-0.3, -0.25) is 4.79 Å². The van der Waals surface area contributed by atoms with Crippen LogP contribution in [0.4, 0.5) is 4.39 Å². The molecule has 1 aliphatic heterocycles. The van der Waals surface area contributed by atoms with Crippen LogP contribution in [0.2, 0.25) is 0 Å². The van der Waals surface area contributed by atoms with Crippen molar-refractivity contribution in [1.29, 1.82) is 0 Å². The summed E-state index contributed by atoms with van der Waals surface area (Å²) in [5.74, 6) is -0.840. The molecule has 25 heavy (non-hydrogen) atoms. The minimum absolute atomic E-state index is 0.0573. The van der Waals surface area contributed by atoms with Crippen LogP contribution < -0.4 is 15.8 Å². The molecule has 1 aliphatic rings. The van der Waals surface area contributed by atoms with E-state index in [1.54, 1.807) is 12.1 Å². The normalized spacial score (nSPS) is 15.4. The lowest BCUT2D eigenvalue weighted by atomic mass is 10.0. The van der Waals surface area contributed by atoms with E-state index in [0.29, 0.717) is 18.5 Å². The molecule has 1 unspecified atom stereocenters. The van der Waals surface area contributed by atoms with Crippen molar-refractivity contribution in [3.05, 3.63) is 65.0 Å². The third-order valence-corrected chi connectivity index (χ3v) is 5.60. The number of rotatable bonds is 5. The van der Waals surface area contributed by atoms with E-state index in [1.165, 1.54) is 30.3 Å². The number of carbonyl (C=O) groups is 1. The van der Waals surface area contributed by atoms with E-state index >= 15 is 0 Å². The predicted molar refractivity (Wildman–Crippen MR) is 91.0 cm³/mol. The molecule has 6 nitrogen and oxygen atoms in total. The smallest absolute Gasteiger partial charge is 0.251 e. The third-order valence-electron chi connectivity index (χ3n) is 4.13. The number of nitrogens with one attached hydrogen (secondary N) is 2. The lowest BCUT2D eigenvalue weighted by Gasteiger charge is -2.20. The highest BCUT2D eigenvalue weighted by atomic mass is 32.2. The van der Waals surface area contributed by atoms with Gasteiger partial charge in [0.05, 0.1) is 10.9 Å². The molecule has 2 aromatic rings. The minimum Gasteiger partial charge on any atom is -0.352 e. The fourth-order valence-electron chi connectivity index (χ4n) is 2.81. The molecule has 0 saturated carbocycles. The van der Waals surface area contributed by atoms with Gasteiger partial charge in [0.25, 0.3) is 5.91 Å². The lowest BCUT2D eigenvalue weighted by Crippen LogP contribution is -2.35. The second kappa shape index (κ2) is 6.91. The molecule has 1 heterocycles. The summed E-state index contributed by atoms with van der Waals surface area (Å²) in [6, 6.07) is 9.35. The Balaban J connectivity index is 1.93. The van der Waals surface area contributed by atoms with Gasteiger partial charge in [-0.15, -0.1) is 0 Å². The number of hydrogen-bond acceptors (Lipinski definition) is 4. The molecule has 8 heteroatoms. The van der Waals surface area contributed by atoms with Crippen molar-refractivity contribution in [2.45, 2.75) is 17.4 Å². The summed E-state index contributed by atoms with van der Waals surface area (Å²) in [6.07, 6.45) is 0.648. The number of carbonyl (C=O) groups excluding carboxylic acids is 1. The van der Waals surface area contributed by atoms with Gasteiger partial charge >= 0.3 is 0 Å². The van der Waals surface area contributed by atoms with Crippen molar-refractivity contribution in [2.24, 2.45) is 5.73 Å². The minimum atomic E-state index is -3.97. The first kappa shape index (κ1) is 17.5. The second-order valence-corrected chi connectivity index (χ2v) is 7.47. The van der Waals surface area contributed by atoms with Crippen molar-refractivity contribution < 1.29 is 17.6 Å². The Morgan fingerprint density at radius 1 is 1.24 bits per heavy atom. The van der Waals surface area contributed by atoms with Crippen LogP contribution in [0.3, 0.4) is 0 Å². The maximum Gasteiger partial charge on any atom is 0.251 e. The molecule has 4 N–H and O–H groups in total. The van der Waals surface area contributed by atoms with Gasteiger partial charge < -0.3 is 11.1 Å². The summed E-state index contributed by atoms with van der Waals surface area (Å²) in [5.41, 5.74) is 6.94. The lowest BCUT2D eigenvalue weighted by molar-refractivity contribution is 0.0945. The Morgan fingerprint density at radius 2 is 2.00 bits per heavy atom. The summed E-state index contributed by atoms with van der Waals surface area (Å²) >= 11 is 0. The van der Waals surface area contributed by atoms with Crippen LogP contribution in [0.1, 0.15) is 27.5 Å². The molecule has 0 fully saturated rings. The molecular weight excluding hydrogens is 345 g/mol. The number of hydrogen-bond donors (Lipinski definition) is 3. The summed E-state index contributed by atoms with van der Waals surface area (Å²) in [4.78, 5) is 11.9. The van der Waals surface area contributed by atoms with Crippen LogP contribution >= 0.6 is 0 Å². The van der Waals surface area contributed by atoms with Gasteiger partial charge in [0, 0.05) is 24.2 Å². The average Bonchev–Trinajstić information content (AvgIpc) is 2.60. The second-order valence-electron chi connectivity index (χ2n) is 5.76. The monoisotopic (exact) mass is 363 g/mol. The van der Waals surface area contributed by atoms with Crippen molar-refractivity contribution >= 4 is 15.9 Å². The molecule has 2 aromatic carbocycles. The van der Waals surface area contributed by atoms with Gasteiger partial charge in [-0.05, 0) is 30.2 Å². The van der Waals surface area contributed by atoms with E-state index in [1.807, 2.05) is 0 Å². The van der Waals surface area contributed by atoms with E-state index in [9.17, 15) is 17.6 Å². The van der Waals surface area contributed by atoms with E-state index in [0.717, 1.165) is 5.56 Å². The van der Waals surface area contributed by atoms with Gasteiger partial charge in [0.15, 0.2) is 0 Å². The first-order valence-electron chi connectivity index (χ1n) is 7.80. The summed E-state index contributed by atoms with van der Waals surface area (Å²) < 4.78 is 41.7. The number of halogens is 1. The van der Waals surface area contributed by atoms with Crippen LogP contribution in [-0.2, 0) is 16.4 Å². The Morgan fingerprint density at radius 3 is 2.72 bits per heavy atom. The number of sulfonamides is 1. The molecule has 0 bridgehead atoms. The third kappa shape index (κ3) is 3.55. The Labute approximate surface area is 145 Å². The Bertz CT molecular complexity index is 915. The Hall–Kier alpha value is -2.29. The van der Waals surface area contributed by atoms with Gasteiger partial charge in [-0.2, -0.15) is 0 Å². The van der Waals surface area contributed by atoms with Crippen LogP contribution in [0.25, 0.3) is 0 Å². The molecular formula is C17H18FN3O3S. The van der Waals surface area contributed by atoms with Gasteiger partial charge in [-0.25, -0.2) is 17.5 Å². The highest BCUT2D eigenvalue weighted by molar-refractivity contribution is 7.89. The maximum absolute atomic E-state index is 13.9. The van der Waals surface area contributed by atoms with Gasteiger partial charge in [-0.1, -0.05) is 24.3 Å². The molecule has 0 radical (unpaired) electrons. The number of benzene rings is 2. The van der Waals surface area contributed by atoms with Gasteiger partial charge in [0.1, 0.15) is 5.82 Å². The zero-order chi connectivity index (χ0) is 18.0. The maximum atomic E-state index is 13.9. The van der Waals surface area contributed by atoms with Crippen LogP contribution in [0.5, 0.6) is 0 Å². The molecule has 0 saturated heterocycles. The quantitative estimate of drug-likeness (QED) is 0.740. The van der Waals surface area contributed by atoms with E-state index in [4.69, 9.17) is 5.73 Å². The largest absolute Gasteiger partial charge is 0.352 e. The first-order chi connectivity index (χ1) is 11.9. The number of nitrogens with two attached hydrogens (primary N) is 1. The van der Waals surface area contributed by atoms with Crippen molar-refractivity contribution in [3.63, 3.8) is 0 Å². The standard InChI is InChI=1S/C17H18FN3O3S/c18-15-4-2-1-3-13(15)16(10-19)21-25(23,24)12-6-5-11-7-8-20-17(22)14(11)9-12/h1-6,9,16,21H,7-8,10,19H2,(H,20,22). The first-order valence-corrected chi connectivity index (χ1v) is 9.28. The predicted octanol–water partition coefficient (Wildman–Crippen LogP) is 1.09. The van der Waals surface area contributed by atoms with E-state index in [2.05, 4.69) is 10.0 Å². The fraction of sp³-hybridized carbons (Fsp3) is 0.235. The fourth-order valence-corrected chi connectivity index (χ4v) is 4.06. The zero-order valence-corrected chi connectivity index (χ0v) is 14.1. The molecule has 0 spiro atoms. The highest BCUT2D eigenvalue weighted by Gasteiger charge is 2.25. The van der Waals surface area contributed by atoms with Crippen LogP contribution in [0.15, 0.2) is 47.4 Å². The zero-order valence-electron chi connectivity index (χ0n) is 13.3. The molecule has 0 aromatic heterocycles. The Kier molecular flexibility index (Phi) is 4.85. The molecule has 132 valence electrons. The molecule has 1 amide bonds. The molecule has 0 aliphatic carbocycles. The van der Waals surface area contributed by atoms with Gasteiger partial charge in [0.2, 0.25) is 10.0 Å². The molecule has 1 atom stereocenters. The van der Waals surface area contributed by atoms with Crippen molar-refractivity contribution in [2.75, 3.05) is 13.1 Å². The topological polar surface area (TPSA) is 101 Å². The van der Waals surface area contributed by atoms with Crippen molar-refractivity contribution in [1.82, 2.24) is 10.0 Å².